The summed E-state index contributed by atoms with van der Waals surface area (Å²) < 4.78 is 2.20. The summed E-state index contributed by atoms with van der Waals surface area (Å²) in [7, 11) is 0. The van der Waals surface area contributed by atoms with Crippen molar-refractivity contribution in [1.29, 1.82) is 0 Å². The first-order valence-corrected chi connectivity index (χ1v) is 15.0. The standard InChI is InChI=1S/C33H35ClN8/c1-18-31(19(2)40-39-18)23-13-28-27(35-15-23)9-8-26(37-28)7-6-22-12-25(22)17-42-21(4)32(20(3)41-42)24-14-29-33(5,36-16-24)11-10-30(34)38-29/h8-11,13-16,22,25,36H,6-7,12,17H2,1-5H3,(H,39,40)/t22?,25-,33?/m1/s1. The number of halogens is 1. The minimum Gasteiger partial charge on any atom is -0.376 e. The second kappa shape index (κ2) is 10.1. The van der Waals surface area contributed by atoms with Gasteiger partial charge in [0, 0.05) is 58.3 Å². The number of pyridine rings is 2. The van der Waals surface area contributed by atoms with Crippen LogP contribution < -0.4 is 5.32 Å². The van der Waals surface area contributed by atoms with Crippen LogP contribution in [0.15, 0.2) is 59.5 Å². The second-order valence-corrected chi connectivity index (χ2v) is 12.5. The number of nitrogens with one attached hydrogen (secondary N) is 2. The first-order chi connectivity index (χ1) is 20.2. The van der Waals surface area contributed by atoms with Gasteiger partial charge >= 0.3 is 0 Å². The number of fused-ring (bicyclic) bond motifs is 2. The van der Waals surface area contributed by atoms with Crippen molar-refractivity contribution in [2.45, 2.75) is 66.0 Å². The summed E-state index contributed by atoms with van der Waals surface area (Å²) >= 11 is 6.21. The van der Waals surface area contributed by atoms with Crippen LogP contribution in [-0.4, -0.2) is 40.7 Å². The van der Waals surface area contributed by atoms with E-state index in [-0.39, 0.29) is 5.54 Å². The van der Waals surface area contributed by atoms with Crippen LogP contribution in [0.4, 0.5) is 0 Å². The topological polar surface area (TPSA) is 96.7 Å². The Morgan fingerprint density at radius 2 is 1.93 bits per heavy atom. The molecule has 2 N–H and O–H groups in total. The summed E-state index contributed by atoms with van der Waals surface area (Å²) in [4.78, 5) is 14.2. The summed E-state index contributed by atoms with van der Waals surface area (Å²) in [5.74, 6) is 1.34. The van der Waals surface area contributed by atoms with Crippen molar-refractivity contribution >= 4 is 33.4 Å². The molecule has 8 nitrogen and oxygen atoms in total. The number of H-pyrrole nitrogens is 1. The summed E-state index contributed by atoms with van der Waals surface area (Å²) in [5, 5.41) is 16.4. The fraction of sp³-hybridized carbons (Fsp3) is 0.364. The average Bonchev–Trinajstić information content (AvgIpc) is 3.54. The summed E-state index contributed by atoms with van der Waals surface area (Å²) in [5.41, 5.74) is 12.2. The Balaban J connectivity index is 1.01. The molecule has 3 aliphatic rings. The lowest BCUT2D eigenvalue weighted by Crippen LogP contribution is -2.42. The van der Waals surface area contributed by atoms with Crippen LogP contribution in [0.1, 0.15) is 53.8 Å². The first-order valence-electron chi connectivity index (χ1n) is 14.6. The van der Waals surface area contributed by atoms with Crippen molar-refractivity contribution in [3.05, 3.63) is 88.6 Å². The lowest BCUT2D eigenvalue weighted by molar-refractivity contribution is 0.506. The molecule has 9 heteroatoms. The molecule has 0 radical (unpaired) electrons. The molecule has 214 valence electrons. The van der Waals surface area contributed by atoms with E-state index in [0.717, 1.165) is 75.6 Å². The van der Waals surface area contributed by atoms with Crippen LogP contribution in [0.3, 0.4) is 0 Å². The largest absolute Gasteiger partial charge is 0.376 e. The van der Waals surface area contributed by atoms with E-state index in [1.807, 2.05) is 26.1 Å². The van der Waals surface area contributed by atoms with Crippen molar-refractivity contribution in [2.24, 2.45) is 16.8 Å². The summed E-state index contributed by atoms with van der Waals surface area (Å²) in [6, 6.07) is 6.35. The molecular weight excluding hydrogens is 544 g/mol. The molecule has 42 heavy (non-hydrogen) atoms. The van der Waals surface area contributed by atoms with Crippen molar-refractivity contribution in [2.75, 3.05) is 0 Å². The van der Waals surface area contributed by atoms with Crippen molar-refractivity contribution in [1.82, 2.24) is 35.3 Å². The first kappa shape index (κ1) is 26.8. The number of aliphatic imine (C=N–C) groups is 1. The molecule has 1 saturated carbocycles. The SMILES string of the molecule is Cc1nn(C[C@H]2CC2CCc2ccc3ncc(-c4c(C)n[nH]c4C)cc3n2)c(C)c1C1=CNC2(C)C=CC(Cl)=NC2=C1. The minimum atomic E-state index is -0.336. The van der Waals surface area contributed by atoms with Gasteiger partial charge in [0.25, 0.3) is 0 Å². The number of aryl methyl sites for hydroxylation is 4. The van der Waals surface area contributed by atoms with E-state index in [4.69, 9.17) is 21.7 Å². The van der Waals surface area contributed by atoms with Crippen molar-refractivity contribution in [3.8, 4) is 11.1 Å². The van der Waals surface area contributed by atoms with Gasteiger partial charge in [0.2, 0.25) is 0 Å². The smallest absolute Gasteiger partial charge is 0.129 e. The van der Waals surface area contributed by atoms with E-state index in [0.29, 0.717) is 17.0 Å². The fourth-order valence-electron chi connectivity index (χ4n) is 6.49. The molecule has 3 atom stereocenters. The molecule has 0 saturated heterocycles. The number of nitrogens with zero attached hydrogens (tertiary/aromatic N) is 6. The van der Waals surface area contributed by atoms with Gasteiger partial charge in [-0.05, 0) is 96.1 Å². The molecule has 4 aromatic heterocycles. The van der Waals surface area contributed by atoms with E-state index < -0.39 is 0 Å². The van der Waals surface area contributed by atoms with Crippen LogP contribution in [-0.2, 0) is 13.0 Å². The van der Waals surface area contributed by atoms with Gasteiger partial charge in [-0.15, -0.1) is 0 Å². The zero-order chi connectivity index (χ0) is 29.2. The Kier molecular flexibility index (Phi) is 6.42. The fourth-order valence-corrected chi connectivity index (χ4v) is 6.64. The quantitative estimate of drug-likeness (QED) is 0.260. The molecular formula is C33H35ClN8. The zero-order valence-electron chi connectivity index (χ0n) is 24.7. The molecule has 0 bridgehead atoms. The normalized spacial score (nSPS) is 22.9. The molecule has 0 spiro atoms. The molecule has 6 heterocycles. The van der Waals surface area contributed by atoms with E-state index >= 15 is 0 Å². The Bertz CT molecular complexity index is 1840. The molecule has 1 aliphatic carbocycles. The number of aromatic nitrogens is 6. The Morgan fingerprint density at radius 1 is 1.07 bits per heavy atom. The van der Waals surface area contributed by atoms with E-state index in [2.05, 4.69) is 87.5 Å². The lowest BCUT2D eigenvalue weighted by Gasteiger charge is -2.33. The van der Waals surface area contributed by atoms with Gasteiger partial charge in [-0.2, -0.15) is 10.2 Å². The molecule has 7 rings (SSSR count). The lowest BCUT2D eigenvalue weighted by atomic mass is 9.89. The molecule has 1 fully saturated rings. The number of allylic oxidation sites excluding steroid dienone is 3. The van der Waals surface area contributed by atoms with E-state index in [9.17, 15) is 0 Å². The van der Waals surface area contributed by atoms with Gasteiger partial charge < -0.3 is 5.32 Å². The summed E-state index contributed by atoms with van der Waals surface area (Å²) in [6.45, 7) is 11.4. The van der Waals surface area contributed by atoms with Gasteiger partial charge in [0.15, 0.2) is 0 Å². The third-order valence-electron chi connectivity index (χ3n) is 9.06. The summed E-state index contributed by atoms with van der Waals surface area (Å²) in [6.07, 6.45) is 13.4. The molecule has 0 aromatic carbocycles. The highest BCUT2D eigenvalue weighted by Crippen LogP contribution is 2.44. The molecule has 0 amide bonds. The maximum absolute atomic E-state index is 6.21. The zero-order valence-corrected chi connectivity index (χ0v) is 25.4. The van der Waals surface area contributed by atoms with Crippen molar-refractivity contribution in [3.63, 3.8) is 0 Å². The van der Waals surface area contributed by atoms with Crippen LogP contribution in [0.2, 0.25) is 0 Å². The number of aromatic amines is 1. The Hall–Kier alpha value is -4.04. The predicted molar refractivity (Wildman–Crippen MR) is 168 cm³/mol. The van der Waals surface area contributed by atoms with Gasteiger partial charge in [0.05, 0.1) is 33.7 Å². The molecule has 2 unspecified atom stereocenters. The molecule has 2 aliphatic heterocycles. The van der Waals surface area contributed by atoms with Gasteiger partial charge in [0.1, 0.15) is 5.17 Å². The maximum Gasteiger partial charge on any atom is 0.129 e. The van der Waals surface area contributed by atoms with Gasteiger partial charge in [-0.3, -0.25) is 19.7 Å². The Morgan fingerprint density at radius 3 is 2.74 bits per heavy atom. The second-order valence-electron chi connectivity index (χ2n) is 12.1. The maximum atomic E-state index is 6.21. The predicted octanol–water partition coefficient (Wildman–Crippen LogP) is 6.51. The van der Waals surface area contributed by atoms with Crippen LogP contribution in [0, 0.1) is 39.5 Å². The monoisotopic (exact) mass is 578 g/mol. The average molecular weight is 579 g/mol. The minimum absolute atomic E-state index is 0.336. The number of dihydropyridines is 2. The third-order valence-corrected chi connectivity index (χ3v) is 9.27. The Labute approximate surface area is 250 Å². The molecule has 4 aromatic rings. The van der Waals surface area contributed by atoms with Crippen molar-refractivity contribution < 1.29 is 0 Å². The van der Waals surface area contributed by atoms with Crippen LogP contribution in [0.25, 0.3) is 27.7 Å². The van der Waals surface area contributed by atoms with Gasteiger partial charge in [-0.25, -0.2) is 4.99 Å². The number of rotatable bonds is 7. The van der Waals surface area contributed by atoms with Gasteiger partial charge in [-0.1, -0.05) is 17.7 Å². The van der Waals surface area contributed by atoms with Crippen LogP contribution in [0.5, 0.6) is 0 Å². The van der Waals surface area contributed by atoms with E-state index in [1.54, 1.807) is 0 Å². The third kappa shape index (κ3) is 4.77. The highest BCUT2D eigenvalue weighted by Gasteiger charge is 2.38. The number of hydrogen-bond acceptors (Lipinski definition) is 6. The highest BCUT2D eigenvalue weighted by molar-refractivity contribution is 6.68. The highest BCUT2D eigenvalue weighted by atomic mass is 35.5. The van der Waals surface area contributed by atoms with Crippen LogP contribution >= 0.6 is 11.6 Å². The number of hydrogen-bond donors (Lipinski definition) is 2. The van der Waals surface area contributed by atoms with E-state index in [1.165, 1.54) is 17.7 Å².